The van der Waals surface area contributed by atoms with Gasteiger partial charge in [0.15, 0.2) is 5.96 Å². The highest BCUT2D eigenvalue weighted by Crippen LogP contribution is 2.47. The lowest BCUT2D eigenvalue weighted by molar-refractivity contribution is 0.0767. The molecule has 3 fully saturated rings. The fourth-order valence-electron chi connectivity index (χ4n) is 4.48. The van der Waals surface area contributed by atoms with Crippen LogP contribution in [0.15, 0.2) is 27.7 Å². The second-order valence-electron chi connectivity index (χ2n) is 7.00. The van der Waals surface area contributed by atoms with Crippen molar-refractivity contribution in [1.82, 2.24) is 10.2 Å². The lowest BCUT2D eigenvalue weighted by Crippen LogP contribution is -2.42. The number of aliphatic imine (C=N–C) groups is 1. The van der Waals surface area contributed by atoms with Crippen LogP contribution in [0.2, 0.25) is 0 Å². The molecule has 130 valence electrons. The monoisotopic (exact) mass is 395 g/mol. The molecule has 1 aromatic carbocycles. The smallest absolute Gasteiger partial charge is 0.193 e. The van der Waals surface area contributed by atoms with Crippen molar-refractivity contribution in [3.8, 4) is 0 Å². The summed E-state index contributed by atoms with van der Waals surface area (Å²) in [6, 6.07) is 5.18. The van der Waals surface area contributed by atoms with Crippen LogP contribution in [0.3, 0.4) is 0 Å². The predicted octanol–water partition coefficient (Wildman–Crippen LogP) is 2.82. The first-order chi connectivity index (χ1) is 11.7. The molecule has 3 aliphatic rings. The number of likely N-dealkylation sites (tertiary alicyclic amines) is 1. The molecular weight excluding hydrogens is 373 g/mol. The van der Waals surface area contributed by atoms with E-state index in [4.69, 9.17) is 4.74 Å². The maximum Gasteiger partial charge on any atom is 0.193 e. The van der Waals surface area contributed by atoms with Crippen molar-refractivity contribution in [2.24, 2.45) is 16.8 Å². The van der Waals surface area contributed by atoms with Gasteiger partial charge in [-0.15, -0.1) is 0 Å². The molecule has 0 saturated carbocycles. The number of fused-ring (bicyclic) bond motifs is 5. The van der Waals surface area contributed by atoms with Crippen molar-refractivity contribution in [2.45, 2.75) is 31.5 Å². The minimum atomic E-state index is -0.219. The predicted molar refractivity (Wildman–Crippen MR) is 95.6 cm³/mol. The second kappa shape index (κ2) is 6.64. The van der Waals surface area contributed by atoms with Gasteiger partial charge in [-0.1, -0.05) is 6.07 Å². The SMILES string of the molecule is CN=C(NCCc1ccc(F)c(Br)c1)N1CC2C3CCC(O3)C2C1. The molecule has 0 amide bonds. The Bertz CT molecular complexity index is 635. The summed E-state index contributed by atoms with van der Waals surface area (Å²) in [6.07, 6.45) is 4.24. The topological polar surface area (TPSA) is 36.9 Å². The van der Waals surface area contributed by atoms with Crippen molar-refractivity contribution >= 4 is 21.9 Å². The Hall–Kier alpha value is -1.14. The number of halogens is 2. The number of nitrogens with zero attached hydrogens (tertiary/aromatic N) is 2. The van der Waals surface area contributed by atoms with E-state index in [1.54, 1.807) is 0 Å². The van der Waals surface area contributed by atoms with E-state index in [1.807, 2.05) is 19.2 Å². The number of nitrogens with one attached hydrogen (secondary N) is 1. The molecule has 1 aromatic rings. The quantitative estimate of drug-likeness (QED) is 0.631. The van der Waals surface area contributed by atoms with Gasteiger partial charge in [0.25, 0.3) is 0 Å². The van der Waals surface area contributed by atoms with Crippen LogP contribution in [0, 0.1) is 17.7 Å². The molecule has 24 heavy (non-hydrogen) atoms. The normalized spacial score (nSPS) is 31.6. The maximum atomic E-state index is 13.3. The van der Waals surface area contributed by atoms with Crippen molar-refractivity contribution in [3.05, 3.63) is 34.1 Å². The molecule has 3 saturated heterocycles. The summed E-state index contributed by atoms with van der Waals surface area (Å²) < 4.78 is 19.8. The number of rotatable bonds is 3. The molecule has 2 bridgehead atoms. The summed E-state index contributed by atoms with van der Waals surface area (Å²) in [5, 5.41) is 3.46. The molecule has 0 spiro atoms. The van der Waals surface area contributed by atoms with Gasteiger partial charge in [0.05, 0.1) is 16.7 Å². The molecule has 0 aromatic heterocycles. The summed E-state index contributed by atoms with van der Waals surface area (Å²) in [5.74, 6) is 2.11. The number of benzene rings is 1. The van der Waals surface area contributed by atoms with E-state index in [1.165, 1.54) is 18.9 Å². The third kappa shape index (κ3) is 2.94. The average Bonchev–Trinajstić information content (AvgIpc) is 3.27. The fraction of sp³-hybridized carbons (Fsp3) is 0.611. The van der Waals surface area contributed by atoms with Crippen LogP contribution >= 0.6 is 15.9 Å². The Balaban J connectivity index is 1.31. The zero-order chi connectivity index (χ0) is 16.7. The molecule has 0 aliphatic carbocycles. The summed E-state index contributed by atoms with van der Waals surface area (Å²) in [6.45, 7) is 2.89. The molecule has 4 nitrogen and oxygen atoms in total. The van der Waals surface area contributed by atoms with E-state index in [0.29, 0.717) is 28.5 Å². The molecule has 3 aliphatic heterocycles. The van der Waals surface area contributed by atoms with Crippen LogP contribution in [-0.2, 0) is 11.2 Å². The first-order valence-corrected chi connectivity index (χ1v) is 9.50. The third-order valence-corrected chi connectivity index (χ3v) is 6.25. The molecular formula is C18H23BrFN3O. The Morgan fingerprint density at radius 3 is 2.67 bits per heavy atom. The van der Waals surface area contributed by atoms with Gasteiger partial charge in [0.2, 0.25) is 0 Å². The van der Waals surface area contributed by atoms with E-state index in [-0.39, 0.29) is 5.82 Å². The fourth-order valence-corrected chi connectivity index (χ4v) is 4.91. The molecule has 0 radical (unpaired) electrons. The lowest BCUT2D eigenvalue weighted by Gasteiger charge is -2.23. The minimum absolute atomic E-state index is 0.219. The second-order valence-corrected chi connectivity index (χ2v) is 7.85. The van der Waals surface area contributed by atoms with Gasteiger partial charge in [-0.2, -0.15) is 0 Å². The molecule has 4 atom stereocenters. The van der Waals surface area contributed by atoms with Crippen LogP contribution in [0.4, 0.5) is 4.39 Å². The first-order valence-electron chi connectivity index (χ1n) is 8.70. The first kappa shape index (κ1) is 16.3. The number of hydrogen-bond donors (Lipinski definition) is 1. The molecule has 4 rings (SSSR count). The highest BCUT2D eigenvalue weighted by atomic mass is 79.9. The number of hydrogen-bond acceptors (Lipinski definition) is 2. The molecule has 6 heteroatoms. The van der Waals surface area contributed by atoms with Gasteiger partial charge in [-0.3, -0.25) is 4.99 Å². The van der Waals surface area contributed by atoms with Crippen LogP contribution in [-0.4, -0.2) is 49.7 Å². The van der Waals surface area contributed by atoms with Gasteiger partial charge in [-0.25, -0.2) is 4.39 Å². The largest absolute Gasteiger partial charge is 0.374 e. The van der Waals surface area contributed by atoms with E-state index >= 15 is 0 Å². The van der Waals surface area contributed by atoms with E-state index in [2.05, 4.69) is 31.1 Å². The summed E-state index contributed by atoms with van der Waals surface area (Å²) in [4.78, 5) is 6.83. The zero-order valence-corrected chi connectivity index (χ0v) is 15.4. The van der Waals surface area contributed by atoms with Crippen LogP contribution in [0.1, 0.15) is 18.4 Å². The third-order valence-electron chi connectivity index (χ3n) is 5.64. The van der Waals surface area contributed by atoms with Crippen molar-refractivity contribution in [1.29, 1.82) is 0 Å². The summed E-state index contributed by atoms with van der Waals surface area (Å²) in [7, 11) is 1.84. The average molecular weight is 396 g/mol. The molecule has 4 unspecified atom stereocenters. The number of ether oxygens (including phenoxy) is 1. The molecule has 1 N–H and O–H groups in total. The maximum absolute atomic E-state index is 13.3. The highest BCUT2D eigenvalue weighted by Gasteiger charge is 2.53. The van der Waals surface area contributed by atoms with Gasteiger partial charge in [-0.05, 0) is 52.9 Å². The van der Waals surface area contributed by atoms with Crippen molar-refractivity contribution < 1.29 is 9.13 Å². The van der Waals surface area contributed by atoms with Crippen LogP contribution in [0.5, 0.6) is 0 Å². The van der Waals surface area contributed by atoms with Crippen molar-refractivity contribution in [2.75, 3.05) is 26.7 Å². The van der Waals surface area contributed by atoms with E-state index in [0.717, 1.165) is 37.6 Å². The minimum Gasteiger partial charge on any atom is -0.374 e. The van der Waals surface area contributed by atoms with Gasteiger partial charge < -0.3 is 15.0 Å². The summed E-state index contributed by atoms with van der Waals surface area (Å²) in [5.41, 5.74) is 1.11. The van der Waals surface area contributed by atoms with E-state index in [9.17, 15) is 4.39 Å². The van der Waals surface area contributed by atoms with Crippen molar-refractivity contribution in [3.63, 3.8) is 0 Å². The van der Waals surface area contributed by atoms with Crippen LogP contribution < -0.4 is 5.32 Å². The number of guanidine groups is 1. The standard InChI is InChI=1S/C18H23BrFN3O/c1-21-18(22-7-6-11-2-3-15(20)14(19)8-11)23-9-12-13(10-23)17-5-4-16(12)24-17/h2-3,8,12-13,16-17H,4-7,9-10H2,1H3,(H,21,22). The van der Waals surface area contributed by atoms with Gasteiger partial charge >= 0.3 is 0 Å². The van der Waals surface area contributed by atoms with Gasteiger partial charge in [0.1, 0.15) is 5.82 Å². The Morgan fingerprint density at radius 1 is 1.33 bits per heavy atom. The Kier molecular flexibility index (Phi) is 4.52. The molecule has 3 heterocycles. The Morgan fingerprint density at radius 2 is 2.04 bits per heavy atom. The van der Waals surface area contributed by atoms with Gasteiger partial charge in [0, 0.05) is 38.5 Å². The van der Waals surface area contributed by atoms with Crippen LogP contribution in [0.25, 0.3) is 0 Å². The Labute approximate surface area is 150 Å². The van der Waals surface area contributed by atoms with E-state index < -0.39 is 0 Å². The summed E-state index contributed by atoms with van der Waals surface area (Å²) >= 11 is 3.24. The lowest BCUT2D eigenvalue weighted by atomic mass is 9.82. The highest BCUT2D eigenvalue weighted by molar-refractivity contribution is 9.10. The zero-order valence-electron chi connectivity index (χ0n) is 13.8.